The second-order valence-corrected chi connectivity index (χ2v) is 4.87. The summed E-state index contributed by atoms with van der Waals surface area (Å²) in [6.45, 7) is 0. The summed E-state index contributed by atoms with van der Waals surface area (Å²) in [4.78, 5) is 4.03. The third kappa shape index (κ3) is 1.69. The molecule has 0 bridgehead atoms. The van der Waals surface area contributed by atoms with Crippen LogP contribution in [0, 0.1) is 5.82 Å². The molecule has 0 fully saturated rings. The summed E-state index contributed by atoms with van der Waals surface area (Å²) >= 11 is 1.55. The molecule has 0 amide bonds. The van der Waals surface area contributed by atoms with Crippen LogP contribution in [0.1, 0.15) is 0 Å². The van der Waals surface area contributed by atoms with Gasteiger partial charge in [0.1, 0.15) is 17.5 Å². The molecular weight excluding hydrogens is 249 g/mol. The third-order valence-electron chi connectivity index (χ3n) is 2.77. The van der Waals surface area contributed by atoms with Gasteiger partial charge in [0, 0.05) is 21.2 Å². The van der Waals surface area contributed by atoms with Crippen LogP contribution >= 0.6 is 11.3 Å². The van der Waals surface area contributed by atoms with E-state index in [-0.39, 0.29) is 5.82 Å². The maximum absolute atomic E-state index is 13.3. The summed E-state index contributed by atoms with van der Waals surface area (Å²) < 4.78 is 14.3. The highest BCUT2D eigenvalue weighted by Gasteiger charge is 2.11. The van der Waals surface area contributed by atoms with Crippen molar-refractivity contribution in [1.29, 1.82) is 0 Å². The molecule has 0 aliphatic rings. The van der Waals surface area contributed by atoms with Crippen molar-refractivity contribution in [3.63, 3.8) is 0 Å². The molecule has 0 aliphatic heterocycles. The Morgan fingerprint density at radius 1 is 1.06 bits per heavy atom. The number of nitrogens with two attached hydrogens (primary N) is 2. The maximum atomic E-state index is 13.3. The first-order valence-electron chi connectivity index (χ1n) is 5.34. The number of thiophene rings is 1. The summed E-state index contributed by atoms with van der Waals surface area (Å²) in [6, 6.07) is 8.22. The van der Waals surface area contributed by atoms with Gasteiger partial charge in [-0.25, -0.2) is 9.37 Å². The number of pyridine rings is 1. The van der Waals surface area contributed by atoms with Crippen molar-refractivity contribution in [3.05, 3.63) is 41.5 Å². The predicted octanol–water partition coefficient (Wildman–Crippen LogP) is 3.27. The molecular formula is C13H10FN3S. The molecule has 1 aromatic carbocycles. The van der Waals surface area contributed by atoms with Crippen LogP contribution in [-0.2, 0) is 0 Å². The monoisotopic (exact) mass is 259 g/mol. The molecule has 0 saturated heterocycles. The fourth-order valence-electron chi connectivity index (χ4n) is 1.93. The Bertz CT molecular complexity index is 736. The molecule has 0 radical (unpaired) electrons. The summed E-state index contributed by atoms with van der Waals surface area (Å²) in [5, 5.41) is 2.80. The molecule has 3 aromatic rings. The van der Waals surface area contributed by atoms with E-state index in [1.165, 1.54) is 12.1 Å². The zero-order valence-electron chi connectivity index (χ0n) is 9.35. The number of benzene rings is 1. The van der Waals surface area contributed by atoms with E-state index in [1.54, 1.807) is 23.5 Å². The van der Waals surface area contributed by atoms with Gasteiger partial charge in [-0.1, -0.05) is 0 Å². The first kappa shape index (κ1) is 11.0. The fourth-order valence-corrected chi connectivity index (χ4v) is 2.87. The van der Waals surface area contributed by atoms with Gasteiger partial charge in [-0.15, -0.1) is 11.3 Å². The van der Waals surface area contributed by atoms with E-state index in [0.29, 0.717) is 11.6 Å². The van der Waals surface area contributed by atoms with E-state index in [0.717, 1.165) is 21.2 Å². The van der Waals surface area contributed by atoms with Crippen LogP contribution in [0.15, 0.2) is 35.7 Å². The highest BCUT2D eigenvalue weighted by molar-refractivity contribution is 7.17. The van der Waals surface area contributed by atoms with Crippen LogP contribution in [-0.4, -0.2) is 4.98 Å². The number of rotatable bonds is 1. The summed E-state index contributed by atoms with van der Waals surface area (Å²) in [5.74, 6) is 0.477. The second-order valence-electron chi connectivity index (χ2n) is 3.96. The van der Waals surface area contributed by atoms with Crippen LogP contribution in [0.4, 0.5) is 16.0 Å². The van der Waals surface area contributed by atoms with Gasteiger partial charge in [0.2, 0.25) is 0 Å². The van der Waals surface area contributed by atoms with Gasteiger partial charge in [0.25, 0.3) is 0 Å². The number of nitrogen functional groups attached to an aromatic ring is 2. The Morgan fingerprint density at radius 3 is 2.67 bits per heavy atom. The van der Waals surface area contributed by atoms with Gasteiger partial charge in [0.15, 0.2) is 0 Å². The number of hydrogen-bond donors (Lipinski definition) is 2. The minimum absolute atomic E-state index is 0.260. The average Bonchev–Trinajstić information content (AvgIpc) is 2.72. The number of fused-ring (bicyclic) bond motifs is 1. The van der Waals surface area contributed by atoms with Gasteiger partial charge in [-0.05, 0) is 35.7 Å². The fraction of sp³-hybridized carbons (Fsp3) is 0. The first-order valence-corrected chi connectivity index (χ1v) is 6.22. The van der Waals surface area contributed by atoms with Gasteiger partial charge < -0.3 is 11.5 Å². The maximum Gasteiger partial charge on any atom is 0.133 e. The lowest BCUT2D eigenvalue weighted by atomic mass is 10.1. The van der Waals surface area contributed by atoms with E-state index >= 15 is 0 Å². The number of anilines is 2. The molecule has 18 heavy (non-hydrogen) atoms. The standard InChI is InChI=1S/C13H10FN3S/c14-7-1-3-11-9(5-7)10(6-18-11)8-2-4-12(15)17-13(8)16/h1-6H,(H4,15,16,17). The molecule has 3 nitrogen and oxygen atoms in total. The number of hydrogen-bond acceptors (Lipinski definition) is 4. The van der Waals surface area contributed by atoms with Crippen molar-refractivity contribution in [2.24, 2.45) is 0 Å². The van der Waals surface area contributed by atoms with Gasteiger partial charge in [0.05, 0.1) is 0 Å². The van der Waals surface area contributed by atoms with E-state index in [9.17, 15) is 4.39 Å². The quantitative estimate of drug-likeness (QED) is 0.705. The van der Waals surface area contributed by atoms with E-state index in [4.69, 9.17) is 11.5 Å². The zero-order chi connectivity index (χ0) is 12.7. The Hall–Kier alpha value is -2.14. The average molecular weight is 259 g/mol. The topological polar surface area (TPSA) is 64.9 Å². The molecule has 5 heteroatoms. The van der Waals surface area contributed by atoms with E-state index in [2.05, 4.69) is 4.98 Å². The lowest BCUT2D eigenvalue weighted by molar-refractivity contribution is 0.630. The Balaban J connectivity index is 2.28. The lowest BCUT2D eigenvalue weighted by Crippen LogP contribution is -1.97. The normalized spacial score (nSPS) is 10.9. The largest absolute Gasteiger partial charge is 0.384 e. The van der Waals surface area contributed by atoms with Crippen LogP contribution in [0.3, 0.4) is 0 Å². The SMILES string of the molecule is Nc1ccc(-c2csc3ccc(F)cc23)c(N)n1. The first-order chi connectivity index (χ1) is 8.65. The summed E-state index contributed by atoms with van der Waals surface area (Å²) in [6.07, 6.45) is 0. The van der Waals surface area contributed by atoms with Crippen LogP contribution in [0.5, 0.6) is 0 Å². The van der Waals surface area contributed by atoms with Crippen molar-refractivity contribution in [3.8, 4) is 11.1 Å². The lowest BCUT2D eigenvalue weighted by Gasteiger charge is -2.04. The molecule has 4 N–H and O–H groups in total. The molecule has 0 saturated carbocycles. The van der Waals surface area contributed by atoms with Crippen LogP contribution in [0.2, 0.25) is 0 Å². The van der Waals surface area contributed by atoms with Gasteiger partial charge in [-0.2, -0.15) is 0 Å². The van der Waals surface area contributed by atoms with E-state index in [1.807, 2.05) is 11.4 Å². The van der Waals surface area contributed by atoms with Gasteiger partial charge >= 0.3 is 0 Å². The molecule has 0 atom stereocenters. The Labute approximate surface area is 107 Å². The van der Waals surface area contributed by atoms with Crippen LogP contribution in [0.25, 0.3) is 21.2 Å². The van der Waals surface area contributed by atoms with Crippen molar-refractivity contribution in [1.82, 2.24) is 4.98 Å². The molecule has 0 spiro atoms. The van der Waals surface area contributed by atoms with Crippen molar-refractivity contribution >= 4 is 33.1 Å². The number of aromatic nitrogens is 1. The molecule has 0 aliphatic carbocycles. The molecule has 90 valence electrons. The molecule has 0 unspecified atom stereocenters. The molecule has 2 heterocycles. The highest BCUT2D eigenvalue weighted by atomic mass is 32.1. The highest BCUT2D eigenvalue weighted by Crippen LogP contribution is 2.36. The van der Waals surface area contributed by atoms with Crippen molar-refractivity contribution < 1.29 is 4.39 Å². The summed E-state index contributed by atoms with van der Waals surface area (Å²) in [5.41, 5.74) is 13.1. The molecule has 3 rings (SSSR count). The summed E-state index contributed by atoms with van der Waals surface area (Å²) in [7, 11) is 0. The number of nitrogens with zero attached hydrogens (tertiary/aromatic N) is 1. The Morgan fingerprint density at radius 2 is 1.89 bits per heavy atom. The molecule has 2 aromatic heterocycles. The van der Waals surface area contributed by atoms with Gasteiger partial charge in [-0.3, -0.25) is 0 Å². The van der Waals surface area contributed by atoms with Crippen molar-refractivity contribution in [2.45, 2.75) is 0 Å². The van der Waals surface area contributed by atoms with Crippen LogP contribution < -0.4 is 11.5 Å². The third-order valence-corrected chi connectivity index (χ3v) is 3.74. The predicted molar refractivity (Wildman–Crippen MR) is 73.8 cm³/mol. The minimum atomic E-state index is -0.260. The minimum Gasteiger partial charge on any atom is -0.384 e. The van der Waals surface area contributed by atoms with E-state index < -0.39 is 0 Å². The zero-order valence-corrected chi connectivity index (χ0v) is 10.2. The van der Waals surface area contributed by atoms with Crippen molar-refractivity contribution in [2.75, 3.05) is 11.5 Å². The Kier molecular flexibility index (Phi) is 2.41. The second kappa shape index (κ2) is 3.96. The number of halogens is 1. The smallest absolute Gasteiger partial charge is 0.133 e.